The van der Waals surface area contributed by atoms with Gasteiger partial charge in [0, 0.05) is 56.1 Å². The van der Waals surface area contributed by atoms with Crippen LogP contribution in [-0.2, 0) is 0 Å². The van der Waals surface area contributed by atoms with E-state index in [0.717, 1.165) is 44.7 Å². The highest BCUT2D eigenvalue weighted by Gasteiger charge is 2.24. The lowest BCUT2D eigenvalue weighted by Crippen LogP contribution is -2.15. The van der Waals surface area contributed by atoms with Gasteiger partial charge in [0.05, 0.1) is 11.0 Å². The Bertz CT molecular complexity index is 3370. The van der Waals surface area contributed by atoms with E-state index >= 15 is 0 Å². The lowest BCUT2D eigenvalue weighted by molar-refractivity contribution is 0.669. The molecule has 10 aromatic rings. The van der Waals surface area contributed by atoms with Gasteiger partial charge in [0.15, 0.2) is 0 Å². The number of furan rings is 1. The quantitative estimate of drug-likeness (QED) is 0.169. The number of hydrogen-bond donors (Lipinski definition) is 0. The molecule has 0 amide bonds. The molecule has 12 rings (SSSR count). The zero-order valence-corrected chi connectivity index (χ0v) is 32.2. The van der Waals surface area contributed by atoms with Crippen molar-refractivity contribution < 1.29 is 4.42 Å². The summed E-state index contributed by atoms with van der Waals surface area (Å²) >= 11 is 0. The summed E-state index contributed by atoms with van der Waals surface area (Å²) in [4.78, 5) is 2.35. The number of anilines is 3. The van der Waals surface area contributed by atoms with Gasteiger partial charge >= 0.3 is 0 Å². The molecule has 3 heteroatoms. The maximum Gasteiger partial charge on any atom is 0.135 e. The molecule has 0 aliphatic heterocycles. The first kappa shape index (κ1) is 33.5. The van der Waals surface area contributed by atoms with Gasteiger partial charge in [0.25, 0.3) is 0 Å². The van der Waals surface area contributed by atoms with Gasteiger partial charge in [-0.2, -0.15) is 0 Å². The van der Waals surface area contributed by atoms with Crippen LogP contribution in [0.2, 0.25) is 0 Å². The van der Waals surface area contributed by atoms with E-state index in [4.69, 9.17) is 4.42 Å². The molecule has 2 heterocycles. The molecule has 0 fully saturated rings. The van der Waals surface area contributed by atoms with Crippen molar-refractivity contribution in [2.45, 2.75) is 0 Å². The maximum absolute atomic E-state index is 6.24. The topological polar surface area (TPSA) is 21.3 Å². The Morgan fingerprint density at radius 2 is 1.07 bits per heavy atom. The molecular formula is C56H38N2O. The Morgan fingerprint density at radius 1 is 0.441 bits per heavy atom. The third-order valence-corrected chi connectivity index (χ3v) is 12.4. The number of rotatable bonds is 6. The average Bonchev–Trinajstić information content (AvgIpc) is 3.85. The summed E-state index contributed by atoms with van der Waals surface area (Å²) < 4.78 is 8.64. The normalized spacial score (nSPS) is 16.0. The molecule has 2 unspecified atom stereocenters. The smallest absolute Gasteiger partial charge is 0.135 e. The second-order valence-electron chi connectivity index (χ2n) is 15.7. The molecule has 3 nitrogen and oxygen atoms in total. The van der Waals surface area contributed by atoms with Crippen LogP contribution in [0.3, 0.4) is 0 Å². The number of fused-ring (bicyclic) bond motifs is 9. The van der Waals surface area contributed by atoms with E-state index in [1.54, 1.807) is 0 Å². The van der Waals surface area contributed by atoms with Gasteiger partial charge in [-0.25, -0.2) is 0 Å². The van der Waals surface area contributed by atoms with Gasteiger partial charge in [0.2, 0.25) is 0 Å². The molecule has 0 radical (unpaired) electrons. The molecule has 2 aromatic heterocycles. The number of benzene rings is 8. The van der Waals surface area contributed by atoms with Gasteiger partial charge in [0.1, 0.15) is 11.2 Å². The van der Waals surface area contributed by atoms with Crippen LogP contribution >= 0.6 is 0 Å². The van der Waals surface area contributed by atoms with Gasteiger partial charge in [-0.3, -0.25) is 0 Å². The fraction of sp³-hybridized carbons (Fsp3) is 0.0357. The highest BCUT2D eigenvalue weighted by molar-refractivity contribution is 6.21. The monoisotopic (exact) mass is 754 g/mol. The Kier molecular flexibility index (Phi) is 7.67. The number of allylic oxidation sites excluding steroid dienone is 8. The molecule has 278 valence electrons. The zero-order chi connectivity index (χ0) is 38.9. The Balaban J connectivity index is 0.915. The third kappa shape index (κ3) is 5.50. The Morgan fingerprint density at radius 3 is 1.88 bits per heavy atom. The van der Waals surface area contributed by atoms with Crippen molar-refractivity contribution in [3.8, 4) is 16.8 Å². The number of nitrogens with zero attached hydrogens (tertiary/aromatic N) is 2. The van der Waals surface area contributed by atoms with Crippen molar-refractivity contribution in [3.63, 3.8) is 0 Å². The van der Waals surface area contributed by atoms with Crippen LogP contribution in [-0.4, -0.2) is 4.57 Å². The van der Waals surface area contributed by atoms with Crippen LogP contribution in [0.25, 0.3) is 76.9 Å². The molecule has 0 saturated carbocycles. The Labute approximate surface area is 342 Å². The minimum Gasteiger partial charge on any atom is -0.456 e. The van der Waals surface area contributed by atoms with Crippen molar-refractivity contribution in [1.29, 1.82) is 0 Å². The molecule has 2 aliphatic carbocycles. The fourth-order valence-corrected chi connectivity index (χ4v) is 9.53. The van der Waals surface area contributed by atoms with Crippen LogP contribution in [0.15, 0.2) is 223 Å². The van der Waals surface area contributed by atoms with Crippen LogP contribution in [0.1, 0.15) is 5.56 Å². The van der Waals surface area contributed by atoms with E-state index in [2.05, 4.69) is 216 Å². The Hall–Kier alpha value is -7.62. The average molecular weight is 755 g/mol. The van der Waals surface area contributed by atoms with Gasteiger partial charge in [-0.15, -0.1) is 0 Å². The molecule has 2 atom stereocenters. The summed E-state index contributed by atoms with van der Waals surface area (Å²) in [5.74, 6) is 0.754. The largest absolute Gasteiger partial charge is 0.456 e. The summed E-state index contributed by atoms with van der Waals surface area (Å²) in [5, 5.41) is 7.34. The van der Waals surface area contributed by atoms with Gasteiger partial charge in [-0.1, -0.05) is 146 Å². The molecular weight excluding hydrogens is 717 g/mol. The summed E-state index contributed by atoms with van der Waals surface area (Å²) in [5.41, 5.74) is 13.6. The number of para-hydroxylation sites is 2. The van der Waals surface area contributed by atoms with Crippen LogP contribution in [0.4, 0.5) is 17.1 Å². The number of aromatic nitrogens is 1. The molecule has 0 N–H and O–H groups in total. The minimum atomic E-state index is 0.354. The van der Waals surface area contributed by atoms with E-state index in [-0.39, 0.29) is 0 Å². The first-order valence-corrected chi connectivity index (χ1v) is 20.4. The van der Waals surface area contributed by atoms with Crippen LogP contribution < -0.4 is 4.90 Å². The first-order valence-electron chi connectivity index (χ1n) is 20.4. The fourth-order valence-electron chi connectivity index (χ4n) is 9.53. The van der Waals surface area contributed by atoms with Crippen LogP contribution in [0.5, 0.6) is 0 Å². The lowest BCUT2D eigenvalue weighted by atomic mass is 9.77. The molecule has 0 spiro atoms. The standard InChI is InChI=1S/C56H38N2O/c1-3-13-46-39(10-1)12-9-17-47(46)41-24-31-43(32-25-41)57(45-33-35-55-51(36-45)49-15-6-8-19-54(49)59-55)42-27-20-37(21-28-42)38-22-29-44(30-23-38)58-52-18-7-5-16-50(52)56-48-14-4-2-11-40(48)26-34-53(56)58/h1-36,39,46H. The van der Waals surface area contributed by atoms with E-state index in [1.807, 2.05) is 12.1 Å². The summed E-state index contributed by atoms with van der Waals surface area (Å²) in [6.45, 7) is 0. The first-order chi connectivity index (χ1) is 29.2. The highest BCUT2D eigenvalue weighted by Crippen LogP contribution is 2.42. The molecule has 8 aromatic carbocycles. The second-order valence-corrected chi connectivity index (χ2v) is 15.7. The molecule has 59 heavy (non-hydrogen) atoms. The zero-order valence-electron chi connectivity index (χ0n) is 32.2. The van der Waals surface area contributed by atoms with Gasteiger partial charge in [-0.05, 0) is 106 Å². The SMILES string of the molecule is C1=CC2C=CC=C(c3ccc(N(c4ccc(-c5ccc(-n6c7ccccc7c7c8ccccc8ccc76)cc5)cc4)c4ccc5oc6ccccc6c5c4)cc3)C2C=C1. The summed E-state index contributed by atoms with van der Waals surface area (Å²) in [6.07, 6.45) is 15.7. The van der Waals surface area contributed by atoms with Crippen molar-refractivity contribution in [2.24, 2.45) is 11.8 Å². The van der Waals surface area contributed by atoms with Crippen molar-refractivity contribution in [2.75, 3.05) is 4.90 Å². The van der Waals surface area contributed by atoms with E-state index in [0.29, 0.717) is 11.8 Å². The van der Waals surface area contributed by atoms with Gasteiger partial charge < -0.3 is 13.9 Å². The molecule has 0 bridgehead atoms. The summed E-state index contributed by atoms with van der Waals surface area (Å²) in [7, 11) is 0. The van der Waals surface area contributed by atoms with E-state index in [1.165, 1.54) is 54.8 Å². The maximum atomic E-state index is 6.24. The lowest BCUT2D eigenvalue weighted by Gasteiger charge is -2.28. The van der Waals surface area contributed by atoms with E-state index < -0.39 is 0 Å². The van der Waals surface area contributed by atoms with Crippen molar-refractivity contribution in [3.05, 3.63) is 224 Å². The minimum absolute atomic E-state index is 0.354. The van der Waals surface area contributed by atoms with E-state index in [9.17, 15) is 0 Å². The van der Waals surface area contributed by atoms with Crippen LogP contribution in [0, 0.1) is 11.8 Å². The van der Waals surface area contributed by atoms with Crippen molar-refractivity contribution >= 4 is 77.2 Å². The third-order valence-electron chi connectivity index (χ3n) is 12.4. The predicted molar refractivity (Wildman–Crippen MR) is 248 cm³/mol. The summed E-state index contributed by atoms with van der Waals surface area (Å²) in [6, 6.07) is 63.8. The predicted octanol–water partition coefficient (Wildman–Crippen LogP) is 15.3. The molecule has 2 aliphatic rings. The second kappa shape index (κ2) is 13.5. The highest BCUT2D eigenvalue weighted by atomic mass is 16.3. The number of hydrogen-bond acceptors (Lipinski definition) is 2. The van der Waals surface area contributed by atoms with Crippen molar-refractivity contribution in [1.82, 2.24) is 4.57 Å². The molecule has 0 saturated heterocycles.